The van der Waals surface area contributed by atoms with Crippen LogP contribution in [0.1, 0.15) is 5.56 Å². The van der Waals surface area contributed by atoms with Gasteiger partial charge in [0.1, 0.15) is 5.57 Å². The number of nitrogens with zero attached hydrogens (tertiary/aromatic N) is 1. The number of hydrogen-bond acceptors (Lipinski definition) is 4. The zero-order valence-corrected chi connectivity index (χ0v) is 11.6. The molecule has 1 aromatic carbocycles. The molecule has 3 rings (SSSR count). The number of furan rings is 1. The molecule has 1 saturated heterocycles. The van der Waals surface area contributed by atoms with Crippen LogP contribution in [0.5, 0.6) is 0 Å². The first-order valence-electron chi connectivity index (χ1n) is 6.15. The predicted molar refractivity (Wildman–Crippen MR) is 81.4 cm³/mol. The minimum Gasteiger partial charge on any atom is -0.472 e. The van der Waals surface area contributed by atoms with Crippen molar-refractivity contribution in [2.75, 3.05) is 4.90 Å². The first-order valence-corrected chi connectivity index (χ1v) is 6.56. The van der Waals surface area contributed by atoms with E-state index in [1.54, 1.807) is 30.3 Å². The van der Waals surface area contributed by atoms with Crippen LogP contribution < -0.4 is 10.2 Å². The van der Waals surface area contributed by atoms with Gasteiger partial charge in [0.05, 0.1) is 18.2 Å². The molecule has 1 N–H and O–H groups in total. The maximum absolute atomic E-state index is 12.6. The summed E-state index contributed by atoms with van der Waals surface area (Å²) in [6.07, 6.45) is 4.39. The molecule has 6 heteroatoms. The minimum absolute atomic E-state index is 0.00820. The molecule has 0 aliphatic carbocycles. The Kier molecular flexibility index (Phi) is 3.37. The summed E-state index contributed by atoms with van der Waals surface area (Å²) in [5.74, 6) is -0.977. The molecule has 0 saturated carbocycles. The molecule has 1 aliphatic rings. The van der Waals surface area contributed by atoms with E-state index < -0.39 is 11.8 Å². The van der Waals surface area contributed by atoms with Crippen molar-refractivity contribution in [1.82, 2.24) is 5.32 Å². The Morgan fingerprint density at radius 1 is 1.14 bits per heavy atom. The van der Waals surface area contributed by atoms with Gasteiger partial charge >= 0.3 is 0 Å². The third-order valence-corrected chi connectivity index (χ3v) is 3.25. The van der Waals surface area contributed by atoms with E-state index in [0.717, 1.165) is 0 Å². The van der Waals surface area contributed by atoms with Crippen molar-refractivity contribution in [3.8, 4) is 0 Å². The van der Waals surface area contributed by atoms with Gasteiger partial charge in [-0.05, 0) is 36.5 Å². The van der Waals surface area contributed by atoms with Gasteiger partial charge in [0.15, 0.2) is 5.11 Å². The van der Waals surface area contributed by atoms with Crippen LogP contribution in [0.2, 0.25) is 0 Å². The molecule has 0 radical (unpaired) electrons. The van der Waals surface area contributed by atoms with Crippen molar-refractivity contribution in [2.45, 2.75) is 0 Å². The molecule has 21 heavy (non-hydrogen) atoms. The molecule has 104 valence electrons. The van der Waals surface area contributed by atoms with E-state index in [-0.39, 0.29) is 10.7 Å². The second-order valence-electron chi connectivity index (χ2n) is 4.35. The molecule has 0 atom stereocenters. The average molecular weight is 298 g/mol. The Hall–Kier alpha value is -2.73. The minimum atomic E-state index is -0.515. The second-order valence-corrected chi connectivity index (χ2v) is 4.74. The van der Waals surface area contributed by atoms with E-state index in [4.69, 9.17) is 16.6 Å². The van der Waals surface area contributed by atoms with Crippen LogP contribution in [0.25, 0.3) is 6.08 Å². The Balaban J connectivity index is 2.02. The summed E-state index contributed by atoms with van der Waals surface area (Å²) in [5.41, 5.74) is 1.24. The third-order valence-electron chi connectivity index (χ3n) is 2.97. The highest BCUT2D eigenvalue weighted by Crippen LogP contribution is 2.21. The predicted octanol–water partition coefficient (Wildman–Crippen LogP) is 2.11. The van der Waals surface area contributed by atoms with Crippen molar-refractivity contribution in [2.24, 2.45) is 0 Å². The number of carbonyl (C=O) groups excluding carboxylic acids is 2. The summed E-state index contributed by atoms with van der Waals surface area (Å²) in [6, 6.07) is 10.6. The number of carbonyl (C=O) groups is 2. The van der Waals surface area contributed by atoms with Gasteiger partial charge in [-0.25, -0.2) is 0 Å². The lowest BCUT2D eigenvalue weighted by molar-refractivity contribution is -0.122. The number of thiocarbonyl (C=S) groups is 1. The van der Waals surface area contributed by atoms with E-state index in [1.165, 1.54) is 23.5 Å². The Labute approximate surface area is 125 Å². The summed E-state index contributed by atoms with van der Waals surface area (Å²) in [5, 5.41) is 2.59. The number of anilines is 1. The van der Waals surface area contributed by atoms with Gasteiger partial charge < -0.3 is 4.42 Å². The van der Waals surface area contributed by atoms with E-state index in [9.17, 15) is 9.59 Å². The van der Waals surface area contributed by atoms with Crippen molar-refractivity contribution in [3.05, 3.63) is 60.1 Å². The topological polar surface area (TPSA) is 62.6 Å². The molecule has 5 nitrogen and oxygen atoms in total. The van der Waals surface area contributed by atoms with Crippen LogP contribution >= 0.6 is 12.2 Å². The van der Waals surface area contributed by atoms with Crippen LogP contribution in [0.3, 0.4) is 0 Å². The number of nitrogens with one attached hydrogen (secondary N) is 1. The van der Waals surface area contributed by atoms with Crippen molar-refractivity contribution in [1.29, 1.82) is 0 Å². The lowest BCUT2D eigenvalue weighted by atomic mass is 10.1. The van der Waals surface area contributed by atoms with Gasteiger partial charge in [-0.1, -0.05) is 18.2 Å². The average Bonchev–Trinajstić information content (AvgIpc) is 2.97. The number of rotatable bonds is 2. The van der Waals surface area contributed by atoms with Crippen LogP contribution in [0.15, 0.2) is 58.9 Å². The fourth-order valence-electron chi connectivity index (χ4n) is 1.99. The molecular formula is C15H10N2O3S. The fourth-order valence-corrected chi connectivity index (χ4v) is 2.27. The first kappa shape index (κ1) is 13.3. The SMILES string of the molecule is O=C1NC(=S)N(c2ccccc2)C(=O)/C1=C/c1ccoc1. The molecule has 1 fully saturated rings. The van der Waals surface area contributed by atoms with Crippen LogP contribution in [0.4, 0.5) is 5.69 Å². The zero-order chi connectivity index (χ0) is 14.8. The Morgan fingerprint density at radius 3 is 2.57 bits per heavy atom. The molecule has 1 aliphatic heterocycles. The molecule has 0 bridgehead atoms. The highest BCUT2D eigenvalue weighted by molar-refractivity contribution is 7.80. The lowest BCUT2D eigenvalue weighted by Crippen LogP contribution is -2.54. The molecule has 0 spiro atoms. The lowest BCUT2D eigenvalue weighted by Gasteiger charge is -2.28. The first-order chi connectivity index (χ1) is 10.2. The number of amides is 2. The molecule has 0 unspecified atom stereocenters. The van der Waals surface area contributed by atoms with Gasteiger partial charge in [0.25, 0.3) is 11.8 Å². The van der Waals surface area contributed by atoms with E-state index in [0.29, 0.717) is 11.3 Å². The summed E-state index contributed by atoms with van der Waals surface area (Å²) in [4.78, 5) is 25.8. The molecule has 1 aromatic heterocycles. The summed E-state index contributed by atoms with van der Waals surface area (Å²) >= 11 is 5.09. The maximum Gasteiger partial charge on any atom is 0.270 e. The van der Waals surface area contributed by atoms with Crippen LogP contribution in [-0.2, 0) is 9.59 Å². The van der Waals surface area contributed by atoms with Crippen molar-refractivity contribution in [3.63, 3.8) is 0 Å². The monoisotopic (exact) mass is 298 g/mol. The van der Waals surface area contributed by atoms with Crippen LogP contribution in [-0.4, -0.2) is 16.9 Å². The summed E-state index contributed by atoms with van der Waals surface area (Å²) in [6.45, 7) is 0. The van der Waals surface area contributed by atoms with Crippen LogP contribution in [0, 0.1) is 0 Å². The number of para-hydroxylation sites is 1. The van der Waals surface area contributed by atoms with Gasteiger partial charge in [0.2, 0.25) is 0 Å². The van der Waals surface area contributed by atoms with E-state index in [1.807, 2.05) is 6.07 Å². The molecular weight excluding hydrogens is 288 g/mol. The normalized spacial score (nSPS) is 17.2. The second kappa shape index (κ2) is 5.34. The smallest absolute Gasteiger partial charge is 0.270 e. The van der Waals surface area contributed by atoms with Gasteiger partial charge in [0, 0.05) is 5.56 Å². The highest BCUT2D eigenvalue weighted by Gasteiger charge is 2.34. The Bertz CT molecular complexity index is 736. The van der Waals surface area contributed by atoms with Gasteiger partial charge in [-0.15, -0.1) is 0 Å². The summed E-state index contributed by atoms with van der Waals surface area (Å²) in [7, 11) is 0. The standard InChI is InChI=1S/C15H10N2O3S/c18-13-12(8-10-6-7-20-9-10)14(19)17(15(21)16-13)11-4-2-1-3-5-11/h1-9H,(H,16,18,21)/b12-8+. The fraction of sp³-hybridized carbons (Fsp3) is 0. The van der Waals surface area contributed by atoms with Gasteiger partial charge in [-0.3, -0.25) is 19.8 Å². The van der Waals surface area contributed by atoms with Crippen molar-refractivity contribution < 1.29 is 14.0 Å². The maximum atomic E-state index is 12.6. The summed E-state index contributed by atoms with van der Waals surface area (Å²) < 4.78 is 4.93. The largest absolute Gasteiger partial charge is 0.472 e. The number of benzene rings is 1. The van der Waals surface area contributed by atoms with E-state index in [2.05, 4.69) is 5.32 Å². The zero-order valence-electron chi connectivity index (χ0n) is 10.8. The number of hydrogen-bond donors (Lipinski definition) is 1. The van der Waals surface area contributed by atoms with Gasteiger partial charge in [-0.2, -0.15) is 0 Å². The van der Waals surface area contributed by atoms with Crippen molar-refractivity contribution >= 4 is 40.9 Å². The van der Waals surface area contributed by atoms with E-state index >= 15 is 0 Å². The molecule has 2 heterocycles. The molecule has 2 aromatic rings. The Morgan fingerprint density at radius 2 is 1.90 bits per heavy atom. The third kappa shape index (κ3) is 2.48. The molecule has 2 amide bonds. The highest BCUT2D eigenvalue weighted by atomic mass is 32.1. The quantitative estimate of drug-likeness (QED) is 0.524.